The molecular weight excluding hydrogens is 214 g/mol. The quantitative estimate of drug-likeness (QED) is 0.749. The zero-order chi connectivity index (χ0) is 12.1. The fraction of sp³-hybridized carbons (Fsp3) is 0.462. The van der Waals surface area contributed by atoms with Gasteiger partial charge in [0.15, 0.2) is 0 Å². The summed E-state index contributed by atoms with van der Waals surface area (Å²) in [6.45, 7) is 1.06. The SMILES string of the molecule is CNC(=O)Nc1ccc(NCC2CCC2)cc1. The van der Waals surface area contributed by atoms with E-state index in [9.17, 15) is 4.79 Å². The van der Waals surface area contributed by atoms with Crippen LogP contribution in [-0.2, 0) is 0 Å². The van der Waals surface area contributed by atoms with E-state index in [1.165, 1.54) is 19.3 Å². The number of hydrogen-bond acceptors (Lipinski definition) is 2. The Morgan fingerprint density at radius 1 is 1.24 bits per heavy atom. The van der Waals surface area contributed by atoms with Crippen LogP contribution in [0.2, 0.25) is 0 Å². The zero-order valence-electron chi connectivity index (χ0n) is 10.1. The van der Waals surface area contributed by atoms with Crippen molar-refractivity contribution in [2.45, 2.75) is 19.3 Å². The zero-order valence-corrected chi connectivity index (χ0v) is 10.1. The van der Waals surface area contributed by atoms with Crippen molar-refractivity contribution in [3.8, 4) is 0 Å². The summed E-state index contributed by atoms with van der Waals surface area (Å²) in [6, 6.07) is 7.59. The highest BCUT2D eigenvalue weighted by Crippen LogP contribution is 2.26. The lowest BCUT2D eigenvalue weighted by molar-refractivity contribution is 0.254. The molecule has 1 aliphatic carbocycles. The molecule has 4 nitrogen and oxygen atoms in total. The predicted molar refractivity (Wildman–Crippen MR) is 70.4 cm³/mol. The molecule has 1 aliphatic rings. The Bertz CT molecular complexity index is 371. The number of carbonyl (C=O) groups is 1. The topological polar surface area (TPSA) is 53.2 Å². The molecule has 1 saturated carbocycles. The van der Waals surface area contributed by atoms with Crippen LogP contribution >= 0.6 is 0 Å². The van der Waals surface area contributed by atoms with Crippen LogP contribution in [0.1, 0.15) is 19.3 Å². The summed E-state index contributed by atoms with van der Waals surface area (Å²) < 4.78 is 0. The predicted octanol–water partition coefficient (Wildman–Crippen LogP) is 2.65. The minimum atomic E-state index is -0.194. The van der Waals surface area contributed by atoms with Crippen molar-refractivity contribution < 1.29 is 4.79 Å². The van der Waals surface area contributed by atoms with Gasteiger partial charge in [-0.3, -0.25) is 0 Å². The van der Waals surface area contributed by atoms with Crippen LogP contribution in [0, 0.1) is 5.92 Å². The van der Waals surface area contributed by atoms with Crippen molar-refractivity contribution in [2.75, 3.05) is 24.2 Å². The third-order valence-corrected chi connectivity index (χ3v) is 3.19. The van der Waals surface area contributed by atoms with E-state index in [-0.39, 0.29) is 6.03 Å². The summed E-state index contributed by atoms with van der Waals surface area (Å²) >= 11 is 0. The number of amides is 2. The largest absolute Gasteiger partial charge is 0.385 e. The Morgan fingerprint density at radius 2 is 1.88 bits per heavy atom. The van der Waals surface area contributed by atoms with E-state index >= 15 is 0 Å². The van der Waals surface area contributed by atoms with Gasteiger partial charge in [0.2, 0.25) is 0 Å². The normalized spacial score (nSPS) is 14.9. The lowest BCUT2D eigenvalue weighted by Gasteiger charge is -2.25. The van der Waals surface area contributed by atoms with Gasteiger partial charge in [-0.2, -0.15) is 0 Å². The molecule has 1 aromatic rings. The fourth-order valence-electron chi connectivity index (χ4n) is 1.82. The van der Waals surface area contributed by atoms with Gasteiger partial charge in [-0.05, 0) is 43.0 Å². The maximum absolute atomic E-state index is 11.1. The highest BCUT2D eigenvalue weighted by atomic mass is 16.2. The lowest BCUT2D eigenvalue weighted by Crippen LogP contribution is -2.24. The number of rotatable bonds is 4. The van der Waals surface area contributed by atoms with E-state index in [4.69, 9.17) is 0 Å². The summed E-state index contributed by atoms with van der Waals surface area (Å²) in [5.74, 6) is 0.846. The second-order valence-corrected chi connectivity index (χ2v) is 4.46. The van der Waals surface area contributed by atoms with E-state index in [2.05, 4.69) is 16.0 Å². The summed E-state index contributed by atoms with van der Waals surface area (Å²) in [5, 5.41) is 8.66. The Balaban J connectivity index is 1.81. The number of urea groups is 1. The maximum atomic E-state index is 11.1. The molecule has 0 heterocycles. The minimum absolute atomic E-state index is 0.194. The van der Waals surface area contributed by atoms with Crippen molar-refractivity contribution in [1.29, 1.82) is 0 Å². The van der Waals surface area contributed by atoms with Crippen molar-refractivity contribution >= 4 is 17.4 Å². The summed E-state index contributed by atoms with van der Waals surface area (Å²) in [5.41, 5.74) is 1.91. The van der Waals surface area contributed by atoms with Gasteiger partial charge >= 0.3 is 6.03 Å². The van der Waals surface area contributed by atoms with Crippen LogP contribution < -0.4 is 16.0 Å². The van der Waals surface area contributed by atoms with Gasteiger partial charge in [0.05, 0.1) is 0 Å². The van der Waals surface area contributed by atoms with Crippen molar-refractivity contribution in [2.24, 2.45) is 5.92 Å². The third kappa shape index (κ3) is 3.37. The minimum Gasteiger partial charge on any atom is -0.385 e. The molecule has 2 rings (SSSR count). The first-order chi connectivity index (χ1) is 8.28. The van der Waals surface area contributed by atoms with Gasteiger partial charge < -0.3 is 16.0 Å². The monoisotopic (exact) mass is 233 g/mol. The van der Waals surface area contributed by atoms with Gasteiger partial charge in [-0.15, -0.1) is 0 Å². The van der Waals surface area contributed by atoms with Gasteiger partial charge in [0.25, 0.3) is 0 Å². The Morgan fingerprint density at radius 3 is 2.41 bits per heavy atom. The molecule has 0 spiro atoms. The second kappa shape index (κ2) is 5.57. The average Bonchev–Trinajstić information content (AvgIpc) is 2.29. The standard InChI is InChI=1S/C13H19N3O/c1-14-13(17)16-12-7-5-11(6-8-12)15-9-10-3-2-4-10/h5-8,10,15H,2-4,9H2,1H3,(H2,14,16,17). The number of carbonyl (C=O) groups excluding carboxylic acids is 1. The van der Waals surface area contributed by atoms with Crippen LogP contribution in [0.15, 0.2) is 24.3 Å². The number of nitrogens with one attached hydrogen (secondary N) is 3. The highest BCUT2D eigenvalue weighted by molar-refractivity contribution is 5.89. The van der Waals surface area contributed by atoms with Gasteiger partial charge in [-0.1, -0.05) is 6.42 Å². The molecule has 2 amide bonds. The molecule has 4 heteroatoms. The molecule has 1 aromatic carbocycles. The molecule has 17 heavy (non-hydrogen) atoms. The van der Waals surface area contributed by atoms with Gasteiger partial charge in [-0.25, -0.2) is 4.79 Å². The Kier molecular flexibility index (Phi) is 3.85. The van der Waals surface area contributed by atoms with E-state index in [1.807, 2.05) is 24.3 Å². The number of hydrogen-bond donors (Lipinski definition) is 3. The van der Waals surface area contributed by atoms with E-state index in [1.54, 1.807) is 7.05 Å². The molecule has 0 bridgehead atoms. The first-order valence-corrected chi connectivity index (χ1v) is 6.10. The number of anilines is 2. The highest BCUT2D eigenvalue weighted by Gasteiger charge is 2.16. The van der Waals surface area contributed by atoms with E-state index in [0.717, 1.165) is 23.8 Å². The van der Waals surface area contributed by atoms with E-state index in [0.29, 0.717) is 0 Å². The molecule has 3 N–H and O–H groups in total. The van der Waals surface area contributed by atoms with Crippen molar-refractivity contribution in [3.63, 3.8) is 0 Å². The Labute approximate surface area is 102 Å². The molecule has 0 atom stereocenters. The van der Waals surface area contributed by atoms with E-state index < -0.39 is 0 Å². The summed E-state index contributed by atoms with van der Waals surface area (Å²) in [4.78, 5) is 11.1. The first kappa shape index (κ1) is 11.8. The Hall–Kier alpha value is -1.71. The van der Waals surface area contributed by atoms with Crippen LogP contribution in [0.3, 0.4) is 0 Å². The third-order valence-electron chi connectivity index (χ3n) is 3.19. The molecule has 0 radical (unpaired) electrons. The molecule has 0 unspecified atom stereocenters. The second-order valence-electron chi connectivity index (χ2n) is 4.46. The lowest BCUT2D eigenvalue weighted by atomic mass is 9.85. The maximum Gasteiger partial charge on any atom is 0.318 e. The van der Waals surface area contributed by atoms with Crippen LogP contribution in [0.25, 0.3) is 0 Å². The molecular formula is C13H19N3O. The fourth-order valence-corrected chi connectivity index (χ4v) is 1.82. The summed E-state index contributed by atoms with van der Waals surface area (Å²) in [6.07, 6.45) is 4.08. The van der Waals surface area contributed by atoms with Crippen molar-refractivity contribution in [3.05, 3.63) is 24.3 Å². The first-order valence-electron chi connectivity index (χ1n) is 6.10. The van der Waals surface area contributed by atoms with Gasteiger partial charge in [0.1, 0.15) is 0 Å². The average molecular weight is 233 g/mol. The van der Waals surface area contributed by atoms with Crippen LogP contribution in [0.4, 0.5) is 16.2 Å². The van der Waals surface area contributed by atoms with Crippen LogP contribution in [0.5, 0.6) is 0 Å². The molecule has 0 saturated heterocycles. The molecule has 1 fully saturated rings. The molecule has 0 aliphatic heterocycles. The van der Waals surface area contributed by atoms with Crippen molar-refractivity contribution in [1.82, 2.24) is 5.32 Å². The molecule has 92 valence electrons. The smallest absolute Gasteiger partial charge is 0.318 e. The van der Waals surface area contributed by atoms with Crippen LogP contribution in [-0.4, -0.2) is 19.6 Å². The van der Waals surface area contributed by atoms with Gasteiger partial charge in [0, 0.05) is 25.0 Å². The summed E-state index contributed by atoms with van der Waals surface area (Å²) in [7, 11) is 1.60. The molecule has 0 aromatic heterocycles. The number of benzene rings is 1.